The molecule has 0 radical (unpaired) electrons. The molecule has 0 aliphatic heterocycles. The molecule has 1 amide bonds. The molecule has 0 saturated heterocycles. The molecule has 0 spiro atoms. The van der Waals surface area contributed by atoms with Crippen molar-refractivity contribution in [3.05, 3.63) is 118 Å². The number of aromatic nitrogens is 1. The number of aliphatic hydroxyl groups is 5. The lowest BCUT2D eigenvalue weighted by Gasteiger charge is -2.25. The largest absolute Gasteiger partial charge is 0.490 e. The highest BCUT2D eigenvalue weighted by atomic mass is 35.5. The van der Waals surface area contributed by atoms with Crippen molar-refractivity contribution in [1.29, 1.82) is 0 Å². The third-order valence-electron chi connectivity index (χ3n) is 9.34. The molecule has 2 aliphatic carbocycles. The van der Waals surface area contributed by atoms with E-state index >= 15 is 0 Å². The highest BCUT2D eigenvalue weighted by Gasteiger charge is 2.48. The van der Waals surface area contributed by atoms with Crippen LogP contribution in [0.2, 0.25) is 5.02 Å². The number of pyridine rings is 1. The predicted octanol–water partition coefficient (Wildman–Crippen LogP) is 4.10. The summed E-state index contributed by atoms with van der Waals surface area (Å²) in [6.07, 6.45) is 2.79. The normalized spacial score (nSPS) is 17.4. The summed E-state index contributed by atoms with van der Waals surface area (Å²) in [5, 5.41) is 51.3. The van der Waals surface area contributed by atoms with Gasteiger partial charge in [0.1, 0.15) is 24.1 Å². The number of aliphatic hydroxyl groups excluding tert-OH is 5. The van der Waals surface area contributed by atoms with Crippen LogP contribution in [-0.2, 0) is 29.8 Å². The number of amides is 1. The van der Waals surface area contributed by atoms with Crippen LogP contribution in [-0.4, -0.2) is 80.1 Å². The highest BCUT2D eigenvalue weighted by Crippen LogP contribution is 2.53. The van der Waals surface area contributed by atoms with Gasteiger partial charge in [-0.15, -0.1) is 0 Å². The number of ether oxygens (including phenoxy) is 2. The molecule has 3 aromatic carbocycles. The molecule has 10 nitrogen and oxygen atoms in total. The molecule has 2 saturated carbocycles. The summed E-state index contributed by atoms with van der Waals surface area (Å²) in [5.41, 5.74) is 6.15. The Morgan fingerprint density at radius 3 is 2.32 bits per heavy atom. The number of hydrogen-bond donors (Lipinski definition) is 6. The smallest absolute Gasteiger partial charge is 0.251 e. The van der Waals surface area contributed by atoms with E-state index < -0.39 is 42.5 Å². The first-order valence-electron chi connectivity index (χ1n) is 17.0. The Labute approximate surface area is 296 Å². The Kier molecular flexibility index (Phi) is 11.5. The zero-order chi connectivity index (χ0) is 35.3. The molecule has 1 aromatic heterocycles. The van der Waals surface area contributed by atoms with Gasteiger partial charge in [-0.3, -0.25) is 9.78 Å². The van der Waals surface area contributed by atoms with Gasteiger partial charge in [-0.05, 0) is 91.1 Å². The SMILES string of the molecule is O=C(NC[C@H](O)[C@@H](O)[C@H](O)[C@H](O)CO)c1ccc(CCc2ccc(Cl)c(COC3(c4cnccc4-c4ccccc4OC4CC4)CC3)c2)cc1. The number of aryl methyl sites for hydroxylation is 2. The summed E-state index contributed by atoms with van der Waals surface area (Å²) in [6.45, 7) is -0.774. The third kappa shape index (κ3) is 8.70. The van der Waals surface area contributed by atoms with E-state index in [0.717, 1.165) is 77.7 Å². The van der Waals surface area contributed by atoms with Crippen molar-refractivity contribution < 1.29 is 39.8 Å². The Morgan fingerprint density at radius 2 is 1.60 bits per heavy atom. The number of carbonyl (C=O) groups is 1. The van der Waals surface area contributed by atoms with Crippen molar-refractivity contribution in [2.45, 2.75) is 81.3 Å². The molecule has 0 bridgehead atoms. The average molecular weight is 703 g/mol. The molecule has 2 aliphatic rings. The van der Waals surface area contributed by atoms with Gasteiger partial charge in [0.15, 0.2) is 0 Å². The second kappa shape index (κ2) is 16.0. The van der Waals surface area contributed by atoms with Crippen molar-refractivity contribution >= 4 is 17.5 Å². The number of carbonyl (C=O) groups excluding carboxylic acids is 1. The first-order chi connectivity index (χ1) is 24.2. The number of para-hydroxylation sites is 1. The molecule has 2 fully saturated rings. The minimum atomic E-state index is -1.76. The summed E-state index contributed by atoms with van der Waals surface area (Å²) in [7, 11) is 0. The maximum atomic E-state index is 12.6. The van der Waals surface area contributed by atoms with Crippen LogP contribution in [0.5, 0.6) is 5.75 Å². The zero-order valence-electron chi connectivity index (χ0n) is 27.6. The van der Waals surface area contributed by atoms with Crippen LogP contribution in [0, 0.1) is 0 Å². The van der Waals surface area contributed by atoms with E-state index in [2.05, 4.69) is 22.4 Å². The quantitative estimate of drug-likeness (QED) is 0.0952. The predicted molar refractivity (Wildman–Crippen MR) is 188 cm³/mol. The molecule has 264 valence electrons. The van der Waals surface area contributed by atoms with Gasteiger partial charge in [-0.1, -0.05) is 54.1 Å². The third-order valence-corrected chi connectivity index (χ3v) is 9.71. The van der Waals surface area contributed by atoms with Crippen LogP contribution in [0.3, 0.4) is 0 Å². The van der Waals surface area contributed by atoms with Crippen LogP contribution < -0.4 is 10.1 Å². The Bertz CT molecular complexity index is 1760. The summed E-state index contributed by atoms with van der Waals surface area (Å²) < 4.78 is 12.9. The molecule has 1 heterocycles. The van der Waals surface area contributed by atoms with Crippen molar-refractivity contribution in [3.8, 4) is 16.9 Å². The number of benzene rings is 3. The molecule has 4 atom stereocenters. The Morgan fingerprint density at radius 1 is 0.900 bits per heavy atom. The maximum absolute atomic E-state index is 12.6. The first-order valence-corrected chi connectivity index (χ1v) is 17.4. The minimum absolute atomic E-state index is 0.291. The van der Waals surface area contributed by atoms with Crippen LogP contribution in [0.25, 0.3) is 11.1 Å². The van der Waals surface area contributed by atoms with Gasteiger partial charge in [-0.2, -0.15) is 0 Å². The van der Waals surface area contributed by atoms with Crippen LogP contribution in [0.1, 0.15) is 58.3 Å². The number of nitrogens with zero attached hydrogens (tertiary/aromatic N) is 1. The van der Waals surface area contributed by atoms with E-state index in [-0.39, 0.29) is 6.54 Å². The van der Waals surface area contributed by atoms with E-state index in [9.17, 15) is 25.2 Å². The van der Waals surface area contributed by atoms with E-state index in [1.54, 1.807) is 12.1 Å². The van der Waals surface area contributed by atoms with E-state index in [0.29, 0.717) is 23.3 Å². The van der Waals surface area contributed by atoms with E-state index in [4.69, 9.17) is 26.2 Å². The molecule has 4 aromatic rings. The van der Waals surface area contributed by atoms with Gasteiger partial charge >= 0.3 is 0 Å². The average Bonchev–Trinajstić information content (AvgIpc) is 4.10. The van der Waals surface area contributed by atoms with Crippen LogP contribution >= 0.6 is 11.6 Å². The van der Waals surface area contributed by atoms with Gasteiger partial charge in [-0.25, -0.2) is 0 Å². The van der Waals surface area contributed by atoms with Gasteiger partial charge in [0, 0.05) is 40.7 Å². The number of hydrogen-bond acceptors (Lipinski definition) is 9. The van der Waals surface area contributed by atoms with Crippen molar-refractivity contribution in [2.75, 3.05) is 13.2 Å². The first kappa shape index (κ1) is 35.9. The lowest BCUT2D eigenvalue weighted by Crippen LogP contribution is -2.49. The monoisotopic (exact) mass is 702 g/mol. The topological polar surface area (TPSA) is 162 Å². The summed E-state index contributed by atoms with van der Waals surface area (Å²) in [4.78, 5) is 17.0. The highest BCUT2D eigenvalue weighted by molar-refractivity contribution is 6.31. The Hall–Kier alpha value is -3.87. The fraction of sp³-hybridized carbons (Fsp3) is 0.385. The van der Waals surface area contributed by atoms with E-state index in [1.165, 1.54) is 0 Å². The summed E-state index contributed by atoms with van der Waals surface area (Å²) in [5.74, 6) is 0.419. The van der Waals surface area contributed by atoms with Crippen molar-refractivity contribution in [3.63, 3.8) is 0 Å². The molecular weight excluding hydrogens is 660 g/mol. The lowest BCUT2D eigenvalue weighted by atomic mass is 9.96. The molecular formula is C39H43ClN2O8. The van der Waals surface area contributed by atoms with Crippen LogP contribution in [0.4, 0.5) is 0 Å². The standard InChI is InChI=1S/C39H43ClN2O8/c40-32-14-9-25(6-5-24-7-10-26(11-8-24)38(48)42-21-33(44)36(46)37(47)34(45)22-43)19-27(32)23-49-39(16-17-39)31-20-41-18-15-29(31)30-3-1-2-4-35(30)50-28-12-13-28/h1-4,7-11,14-15,18-20,28,33-34,36-37,43-47H,5-6,12-13,16-17,21-23H2,(H,42,48)/t33-,34+,36+,37+/m0/s1. The van der Waals surface area contributed by atoms with Gasteiger partial charge in [0.05, 0.1) is 31.0 Å². The molecule has 0 unspecified atom stereocenters. The molecule has 6 N–H and O–H groups in total. The van der Waals surface area contributed by atoms with Gasteiger partial charge < -0.3 is 40.3 Å². The van der Waals surface area contributed by atoms with Gasteiger partial charge in [0.2, 0.25) is 0 Å². The van der Waals surface area contributed by atoms with Crippen molar-refractivity contribution in [1.82, 2.24) is 10.3 Å². The van der Waals surface area contributed by atoms with E-state index in [1.807, 2.05) is 60.9 Å². The van der Waals surface area contributed by atoms with Crippen molar-refractivity contribution in [2.24, 2.45) is 0 Å². The molecule has 50 heavy (non-hydrogen) atoms. The van der Waals surface area contributed by atoms with Gasteiger partial charge in [0.25, 0.3) is 5.91 Å². The second-order valence-electron chi connectivity index (χ2n) is 13.1. The summed E-state index contributed by atoms with van der Waals surface area (Å²) in [6, 6.07) is 23.3. The molecule has 11 heteroatoms. The van der Waals surface area contributed by atoms with Crippen LogP contribution in [0.15, 0.2) is 85.2 Å². The number of halogens is 1. The minimum Gasteiger partial charge on any atom is -0.490 e. The fourth-order valence-electron chi connectivity index (χ4n) is 5.96. The number of nitrogens with one attached hydrogen (secondary N) is 1. The molecule has 6 rings (SSSR count). The maximum Gasteiger partial charge on any atom is 0.251 e. The zero-order valence-corrected chi connectivity index (χ0v) is 28.4. The Balaban J connectivity index is 1.04. The lowest BCUT2D eigenvalue weighted by molar-refractivity contribution is -0.113. The fourth-order valence-corrected chi connectivity index (χ4v) is 6.13. The summed E-state index contributed by atoms with van der Waals surface area (Å²) >= 11 is 6.65. The second-order valence-corrected chi connectivity index (χ2v) is 13.6. The number of rotatable bonds is 17.